The smallest absolute Gasteiger partial charge is 0.335 e. The van der Waals surface area contributed by atoms with E-state index in [-0.39, 0.29) is 18.0 Å². The number of fused-ring (bicyclic) bond motifs is 1. The van der Waals surface area contributed by atoms with Gasteiger partial charge in [0, 0.05) is 29.3 Å². The van der Waals surface area contributed by atoms with E-state index >= 15 is 0 Å². The Bertz CT molecular complexity index is 1750. The predicted octanol–water partition coefficient (Wildman–Crippen LogP) is 9.25. The lowest BCUT2D eigenvalue weighted by atomic mass is 9.95. The number of halogens is 2. The van der Waals surface area contributed by atoms with E-state index in [1.807, 2.05) is 72.8 Å². The Balaban J connectivity index is 0.00000400. The van der Waals surface area contributed by atoms with Crippen LogP contribution in [0, 0.1) is 0 Å². The molecular weight excluding hydrogens is 611 g/mol. The third-order valence-corrected chi connectivity index (χ3v) is 8.42. The molecule has 6 rings (SSSR count). The highest BCUT2D eigenvalue weighted by atomic mass is 35.5. The summed E-state index contributed by atoms with van der Waals surface area (Å²) in [7, 11) is 1.65. The number of nitrogens with zero attached hydrogens (tertiary/aromatic N) is 2. The van der Waals surface area contributed by atoms with Gasteiger partial charge < -0.3 is 23.9 Å². The summed E-state index contributed by atoms with van der Waals surface area (Å²) in [5.41, 5.74) is 5.95. The molecule has 1 saturated carbocycles. The summed E-state index contributed by atoms with van der Waals surface area (Å²) in [6, 6.07) is 27.3. The van der Waals surface area contributed by atoms with E-state index < -0.39 is 5.97 Å². The zero-order valence-corrected chi connectivity index (χ0v) is 26.7. The average molecular weight is 648 g/mol. The number of benzene rings is 4. The fraction of sp³-hybridized carbons (Fsp3) is 0.278. The molecule has 0 atom stereocenters. The lowest BCUT2D eigenvalue weighted by molar-refractivity contribution is 0.0697. The van der Waals surface area contributed by atoms with Crippen molar-refractivity contribution in [1.29, 1.82) is 0 Å². The van der Waals surface area contributed by atoms with Crippen LogP contribution in [0.1, 0.15) is 54.1 Å². The van der Waals surface area contributed by atoms with Crippen LogP contribution < -0.4 is 9.47 Å². The van der Waals surface area contributed by atoms with Gasteiger partial charge in [0.2, 0.25) is 0 Å². The molecule has 9 heteroatoms. The van der Waals surface area contributed by atoms with Crippen molar-refractivity contribution in [3.8, 4) is 34.0 Å². The van der Waals surface area contributed by atoms with Crippen molar-refractivity contribution in [2.24, 2.45) is 0 Å². The standard InChI is InChI=1S/C36H35ClN2O5.ClH/c1-42-19-20-43-31-16-17-32(24-7-12-28(37)13-8-24)27(21-31)23-44-30-14-9-25(10-15-30)35-38-33-22-26(36(40)41)11-18-34(33)39(35)29-5-3-2-4-6-29;/h7-18,21-22,29H,2-6,19-20,23H2,1H3,(H,40,41);1H. The molecular formula is C36H36Cl2N2O5. The van der Waals surface area contributed by atoms with Crippen molar-refractivity contribution in [3.63, 3.8) is 0 Å². The molecule has 0 aliphatic heterocycles. The Morgan fingerprint density at radius 2 is 1.58 bits per heavy atom. The SMILES string of the molecule is COCCOc1ccc(-c2ccc(Cl)cc2)c(COc2ccc(-c3nc4cc(C(=O)O)ccc4n3C3CCCCC3)cc2)c1.Cl. The molecule has 1 N–H and O–H groups in total. The van der Waals surface area contributed by atoms with Crippen molar-refractivity contribution in [2.75, 3.05) is 20.3 Å². The molecule has 1 heterocycles. The van der Waals surface area contributed by atoms with E-state index in [4.69, 9.17) is 30.8 Å². The number of methoxy groups -OCH3 is 1. The number of carboxylic acids is 1. The lowest BCUT2D eigenvalue weighted by Gasteiger charge is -2.25. The van der Waals surface area contributed by atoms with Crippen LogP contribution in [0.2, 0.25) is 5.02 Å². The highest BCUT2D eigenvalue weighted by Crippen LogP contribution is 2.37. The Labute approximate surface area is 274 Å². The van der Waals surface area contributed by atoms with Gasteiger partial charge >= 0.3 is 5.97 Å². The Morgan fingerprint density at radius 3 is 2.29 bits per heavy atom. The van der Waals surface area contributed by atoms with Gasteiger partial charge in [-0.3, -0.25) is 0 Å². The second-order valence-corrected chi connectivity index (χ2v) is 11.5. The van der Waals surface area contributed by atoms with E-state index in [0.717, 1.165) is 57.9 Å². The number of rotatable bonds is 11. The van der Waals surface area contributed by atoms with Gasteiger partial charge in [0.25, 0.3) is 0 Å². The van der Waals surface area contributed by atoms with Gasteiger partial charge in [0.1, 0.15) is 30.5 Å². The van der Waals surface area contributed by atoms with Crippen LogP contribution >= 0.6 is 24.0 Å². The molecule has 0 saturated heterocycles. The Morgan fingerprint density at radius 1 is 0.867 bits per heavy atom. The summed E-state index contributed by atoms with van der Waals surface area (Å²) in [4.78, 5) is 16.6. The first-order valence-electron chi connectivity index (χ1n) is 15.0. The van der Waals surface area contributed by atoms with Gasteiger partial charge in [-0.05, 0) is 90.7 Å². The van der Waals surface area contributed by atoms with Crippen molar-refractivity contribution in [3.05, 3.63) is 101 Å². The van der Waals surface area contributed by atoms with E-state index in [0.29, 0.717) is 36.4 Å². The van der Waals surface area contributed by atoms with Crippen LogP contribution in [0.25, 0.3) is 33.5 Å². The zero-order chi connectivity index (χ0) is 30.5. The third-order valence-electron chi connectivity index (χ3n) is 8.17. The quantitative estimate of drug-likeness (QED) is 0.144. The molecule has 234 valence electrons. The van der Waals surface area contributed by atoms with Crippen LogP contribution in [0.4, 0.5) is 0 Å². The highest BCUT2D eigenvalue weighted by molar-refractivity contribution is 6.30. The molecule has 0 spiro atoms. The molecule has 0 unspecified atom stereocenters. The van der Waals surface area contributed by atoms with Gasteiger partial charge in [-0.15, -0.1) is 12.4 Å². The number of carboxylic acid groups (broad SMARTS) is 1. The van der Waals surface area contributed by atoms with Gasteiger partial charge in [-0.25, -0.2) is 9.78 Å². The summed E-state index contributed by atoms with van der Waals surface area (Å²) < 4.78 is 19.6. The third kappa shape index (κ3) is 7.44. The van der Waals surface area contributed by atoms with E-state index in [1.165, 1.54) is 19.3 Å². The van der Waals surface area contributed by atoms with Crippen molar-refractivity contribution >= 4 is 41.0 Å². The van der Waals surface area contributed by atoms with Gasteiger partial charge in [0.15, 0.2) is 0 Å². The second kappa shape index (κ2) is 14.8. The maximum absolute atomic E-state index is 11.6. The number of aromatic carboxylic acids is 1. The van der Waals surface area contributed by atoms with Crippen LogP contribution in [-0.4, -0.2) is 41.0 Å². The number of hydrogen-bond acceptors (Lipinski definition) is 5. The number of imidazole rings is 1. The minimum atomic E-state index is -0.950. The number of hydrogen-bond donors (Lipinski definition) is 1. The first-order chi connectivity index (χ1) is 21.5. The molecule has 0 amide bonds. The average Bonchev–Trinajstić information content (AvgIpc) is 3.44. The van der Waals surface area contributed by atoms with E-state index in [9.17, 15) is 9.90 Å². The molecule has 1 aromatic heterocycles. The normalized spacial score (nSPS) is 13.4. The fourth-order valence-electron chi connectivity index (χ4n) is 5.94. The van der Waals surface area contributed by atoms with Crippen molar-refractivity contribution in [2.45, 2.75) is 44.8 Å². The number of ether oxygens (including phenoxy) is 3. The maximum atomic E-state index is 11.6. The Hall–Kier alpha value is -4.04. The van der Waals surface area contributed by atoms with Crippen molar-refractivity contribution < 1.29 is 24.1 Å². The lowest BCUT2D eigenvalue weighted by Crippen LogP contribution is -2.14. The van der Waals surface area contributed by atoms with Gasteiger partial charge in [-0.1, -0.05) is 49.1 Å². The zero-order valence-electron chi connectivity index (χ0n) is 25.1. The van der Waals surface area contributed by atoms with Crippen LogP contribution in [0.3, 0.4) is 0 Å². The largest absolute Gasteiger partial charge is 0.491 e. The molecule has 0 bridgehead atoms. The minimum Gasteiger partial charge on any atom is -0.491 e. The van der Waals surface area contributed by atoms with E-state index in [1.54, 1.807) is 19.2 Å². The molecule has 45 heavy (non-hydrogen) atoms. The second-order valence-electron chi connectivity index (χ2n) is 11.1. The predicted molar refractivity (Wildman–Crippen MR) is 180 cm³/mol. The summed E-state index contributed by atoms with van der Waals surface area (Å²) in [5, 5.41) is 10.2. The molecule has 1 fully saturated rings. The molecule has 1 aliphatic carbocycles. The maximum Gasteiger partial charge on any atom is 0.335 e. The molecule has 1 aliphatic rings. The van der Waals surface area contributed by atoms with Gasteiger partial charge in [-0.2, -0.15) is 0 Å². The number of carbonyl (C=O) groups is 1. The monoisotopic (exact) mass is 646 g/mol. The number of aromatic nitrogens is 2. The first kappa shape index (κ1) is 32.4. The summed E-state index contributed by atoms with van der Waals surface area (Å²) >= 11 is 6.14. The van der Waals surface area contributed by atoms with E-state index in [2.05, 4.69) is 4.57 Å². The summed E-state index contributed by atoms with van der Waals surface area (Å²) in [6.45, 7) is 1.31. The minimum absolute atomic E-state index is 0. The Kier molecular flexibility index (Phi) is 10.7. The van der Waals surface area contributed by atoms with Crippen LogP contribution in [-0.2, 0) is 11.3 Å². The first-order valence-corrected chi connectivity index (χ1v) is 15.4. The van der Waals surface area contributed by atoms with Crippen molar-refractivity contribution in [1.82, 2.24) is 9.55 Å². The highest BCUT2D eigenvalue weighted by Gasteiger charge is 2.23. The fourth-order valence-corrected chi connectivity index (χ4v) is 6.06. The molecule has 7 nitrogen and oxygen atoms in total. The molecule has 4 aromatic carbocycles. The molecule has 0 radical (unpaired) electrons. The summed E-state index contributed by atoms with van der Waals surface area (Å²) in [5.74, 6) is 1.39. The van der Waals surface area contributed by atoms with Gasteiger partial charge in [0.05, 0.1) is 23.2 Å². The van der Waals surface area contributed by atoms with Crippen LogP contribution in [0.5, 0.6) is 11.5 Å². The van der Waals surface area contributed by atoms with Crippen LogP contribution in [0.15, 0.2) is 84.9 Å². The molecule has 5 aromatic rings. The summed E-state index contributed by atoms with van der Waals surface area (Å²) in [6.07, 6.45) is 5.78. The topological polar surface area (TPSA) is 82.8 Å².